The van der Waals surface area contributed by atoms with Gasteiger partial charge in [0.15, 0.2) is 0 Å². The number of piperidine rings is 1. The summed E-state index contributed by atoms with van der Waals surface area (Å²) in [5.74, 6) is 0. The standard InChI is InChI=1S/C9H17NO2/c11-8-3-1-2-4-9(8,12)7-10-6-5-8/h10-12H,1-7H2/t8-,9+/m0/s1. The lowest BCUT2D eigenvalue weighted by molar-refractivity contribution is -0.187. The summed E-state index contributed by atoms with van der Waals surface area (Å²) in [6, 6.07) is 0. The van der Waals surface area contributed by atoms with Gasteiger partial charge in [-0.3, -0.25) is 0 Å². The normalized spacial score (nSPS) is 48.5. The van der Waals surface area contributed by atoms with Gasteiger partial charge < -0.3 is 15.5 Å². The molecule has 0 aromatic rings. The first-order valence-corrected chi connectivity index (χ1v) is 4.82. The maximum absolute atomic E-state index is 10.2. The second-order valence-electron chi connectivity index (χ2n) is 4.20. The molecule has 1 saturated heterocycles. The molecule has 0 bridgehead atoms. The van der Waals surface area contributed by atoms with E-state index in [0.29, 0.717) is 13.0 Å². The molecule has 3 N–H and O–H groups in total. The van der Waals surface area contributed by atoms with Crippen LogP contribution in [0.15, 0.2) is 0 Å². The molecule has 1 aliphatic heterocycles. The second-order valence-corrected chi connectivity index (χ2v) is 4.20. The molecule has 12 heavy (non-hydrogen) atoms. The summed E-state index contributed by atoms with van der Waals surface area (Å²) in [4.78, 5) is 0. The lowest BCUT2D eigenvalue weighted by Gasteiger charge is -2.50. The van der Waals surface area contributed by atoms with E-state index in [4.69, 9.17) is 0 Å². The smallest absolute Gasteiger partial charge is 0.106 e. The van der Waals surface area contributed by atoms with Gasteiger partial charge in [-0.1, -0.05) is 12.8 Å². The van der Waals surface area contributed by atoms with E-state index >= 15 is 0 Å². The molecule has 70 valence electrons. The third kappa shape index (κ3) is 1.08. The highest BCUT2D eigenvalue weighted by molar-refractivity contribution is 5.06. The van der Waals surface area contributed by atoms with Crippen LogP contribution in [-0.4, -0.2) is 34.5 Å². The Balaban J connectivity index is 2.20. The van der Waals surface area contributed by atoms with Crippen molar-refractivity contribution in [2.24, 2.45) is 0 Å². The van der Waals surface area contributed by atoms with Crippen molar-refractivity contribution >= 4 is 0 Å². The summed E-state index contributed by atoms with van der Waals surface area (Å²) in [5.41, 5.74) is -1.64. The zero-order chi connectivity index (χ0) is 8.66. The maximum atomic E-state index is 10.2. The second kappa shape index (κ2) is 2.69. The zero-order valence-electron chi connectivity index (χ0n) is 7.34. The number of aliphatic hydroxyl groups is 2. The summed E-state index contributed by atoms with van der Waals surface area (Å²) in [7, 11) is 0. The van der Waals surface area contributed by atoms with Crippen molar-refractivity contribution in [3.63, 3.8) is 0 Å². The molecule has 2 rings (SSSR count). The number of nitrogens with one attached hydrogen (secondary N) is 1. The van der Waals surface area contributed by atoms with Gasteiger partial charge in [0.1, 0.15) is 5.60 Å². The molecule has 3 nitrogen and oxygen atoms in total. The van der Waals surface area contributed by atoms with Gasteiger partial charge in [0.05, 0.1) is 5.60 Å². The van der Waals surface area contributed by atoms with E-state index in [1.807, 2.05) is 0 Å². The monoisotopic (exact) mass is 171 g/mol. The van der Waals surface area contributed by atoms with Gasteiger partial charge in [0, 0.05) is 6.54 Å². The van der Waals surface area contributed by atoms with Crippen molar-refractivity contribution in [3.05, 3.63) is 0 Å². The third-order valence-corrected chi connectivity index (χ3v) is 3.43. The zero-order valence-corrected chi connectivity index (χ0v) is 7.34. The van der Waals surface area contributed by atoms with Gasteiger partial charge in [-0.05, 0) is 25.8 Å². The summed E-state index contributed by atoms with van der Waals surface area (Å²) >= 11 is 0. The highest BCUT2D eigenvalue weighted by Gasteiger charge is 2.51. The molecule has 0 unspecified atom stereocenters. The van der Waals surface area contributed by atoms with E-state index in [9.17, 15) is 10.2 Å². The van der Waals surface area contributed by atoms with Crippen LogP contribution >= 0.6 is 0 Å². The van der Waals surface area contributed by atoms with Crippen molar-refractivity contribution in [1.29, 1.82) is 0 Å². The molecule has 3 heteroatoms. The van der Waals surface area contributed by atoms with Crippen molar-refractivity contribution in [3.8, 4) is 0 Å². The summed E-state index contributed by atoms with van der Waals surface area (Å²) in [6.45, 7) is 1.39. The molecule has 2 aliphatic rings. The largest absolute Gasteiger partial charge is 0.387 e. The molecule has 0 radical (unpaired) electrons. The van der Waals surface area contributed by atoms with Crippen molar-refractivity contribution in [1.82, 2.24) is 5.32 Å². The van der Waals surface area contributed by atoms with Crippen LogP contribution < -0.4 is 5.32 Å². The van der Waals surface area contributed by atoms with E-state index < -0.39 is 11.2 Å². The predicted octanol–water partition coefficient (Wildman–Crippen LogP) is 0.0159. The van der Waals surface area contributed by atoms with E-state index in [1.54, 1.807) is 0 Å². The lowest BCUT2D eigenvalue weighted by Crippen LogP contribution is -2.65. The molecule has 0 amide bonds. The lowest BCUT2D eigenvalue weighted by atomic mass is 9.68. The summed E-state index contributed by atoms with van der Waals surface area (Å²) < 4.78 is 0. The first kappa shape index (κ1) is 8.48. The molecule has 0 aromatic heterocycles. The minimum atomic E-state index is -0.844. The van der Waals surface area contributed by atoms with Crippen LogP contribution in [0.2, 0.25) is 0 Å². The minimum Gasteiger partial charge on any atom is -0.387 e. The Morgan fingerprint density at radius 2 is 1.58 bits per heavy atom. The van der Waals surface area contributed by atoms with Crippen molar-refractivity contribution in [2.45, 2.75) is 43.3 Å². The van der Waals surface area contributed by atoms with E-state index in [1.165, 1.54) is 0 Å². The first-order chi connectivity index (χ1) is 5.66. The topological polar surface area (TPSA) is 52.5 Å². The van der Waals surface area contributed by atoms with Crippen LogP contribution in [0.3, 0.4) is 0 Å². The van der Waals surface area contributed by atoms with Crippen LogP contribution in [-0.2, 0) is 0 Å². The van der Waals surface area contributed by atoms with Crippen LogP contribution in [0.1, 0.15) is 32.1 Å². The van der Waals surface area contributed by atoms with E-state index in [2.05, 4.69) is 5.32 Å². The van der Waals surface area contributed by atoms with Crippen molar-refractivity contribution < 1.29 is 10.2 Å². The number of β-amino-alcohol motifs (C(OH)–C–C–N with tert-alkyl or cyclic N) is 1. The fourth-order valence-electron chi connectivity index (χ4n) is 2.50. The quantitative estimate of drug-likeness (QED) is 0.481. The predicted molar refractivity (Wildman–Crippen MR) is 45.9 cm³/mol. The van der Waals surface area contributed by atoms with Crippen LogP contribution in [0.25, 0.3) is 0 Å². The average molecular weight is 171 g/mol. The molecule has 1 heterocycles. The molecule has 0 aromatic carbocycles. The highest BCUT2D eigenvalue weighted by Crippen LogP contribution is 2.40. The summed E-state index contributed by atoms with van der Waals surface area (Å²) in [5, 5.41) is 23.4. The SMILES string of the molecule is O[C@]12CCCC[C@@]1(O)CNCC2. The molecule has 1 saturated carbocycles. The number of fused-ring (bicyclic) bond motifs is 1. The molecule has 0 spiro atoms. The van der Waals surface area contributed by atoms with Crippen LogP contribution in [0.5, 0.6) is 0 Å². The van der Waals surface area contributed by atoms with E-state index in [0.717, 1.165) is 32.2 Å². The summed E-state index contributed by atoms with van der Waals surface area (Å²) in [6.07, 6.45) is 4.31. The Morgan fingerprint density at radius 3 is 2.25 bits per heavy atom. The van der Waals surface area contributed by atoms with E-state index in [-0.39, 0.29) is 0 Å². The highest BCUT2D eigenvalue weighted by atomic mass is 16.4. The number of rotatable bonds is 0. The van der Waals surface area contributed by atoms with Crippen LogP contribution in [0.4, 0.5) is 0 Å². The van der Waals surface area contributed by atoms with Gasteiger partial charge >= 0.3 is 0 Å². The molecular weight excluding hydrogens is 154 g/mol. The Kier molecular flexibility index (Phi) is 1.90. The van der Waals surface area contributed by atoms with Gasteiger partial charge in [-0.2, -0.15) is 0 Å². The number of hydrogen-bond acceptors (Lipinski definition) is 3. The molecule has 1 aliphatic carbocycles. The first-order valence-electron chi connectivity index (χ1n) is 4.82. The Morgan fingerprint density at radius 1 is 0.917 bits per heavy atom. The van der Waals surface area contributed by atoms with Crippen LogP contribution in [0, 0.1) is 0 Å². The fraction of sp³-hybridized carbons (Fsp3) is 1.00. The number of hydrogen-bond donors (Lipinski definition) is 3. The molecule has 2 fully saturated rings. The Labute approximate surface area is 72.8 Å². The average Bonchev–Trinajstić information content (AvgIpc) is 2.05. The van der Waals surface area contributed by atoms with Crippen molar-refractivity contribution in [2.75, 3.05) is 13.1 Å². The van der Waals surface area contributed by atoms with Gasteiger partial charge in [-0.15, -0.1) is 0 Å². The van der Waals surface area contributed by atoms with Gasteiger partial charge in [0.25, 0.3) is 0 Å². The Bertz CT molecular complexity index is 149. The Hall–Kier alpha value is -0.120. The third-order valence-electron chi connectivity index (χ3n) is 3.43. The fourth-order valence-corrected chi connectivity index (χ4v) is 2.50. The maximum Gasteiger partial charge on any atom is 0.106 e. The molecular formula is C9H17NO2. The minimum absolute atomic E-state index is 0.559. The molecule has 2 atom stereocenters. The van der Waals surface area contributed by atoms with Gasteiger partial charge in [0.2, 0.25) is 0 Å². The van der Waals surface area contributed by atoms with Gasteiger partial charge in [-0.25, -0.2) is 0 Å².